The molecule has 1 heterocycles. The fourth-order valence-corrected chi connectivity index (χ4v) is 2.58. The Morgan fingerprint density at radius 3 is 2.65 bits per heavy atom. The summed E-state index contributed by atoms with van der Waals surface area (Å²) in [7, 11) is 4.13. The lowest BCUT2D eigenvalue weighted by Crippen LogP contribution is -2.30. The highest BCUT2D eigenvalue weighted by atomic mass is 14.9. The van der Waals surface area contributed by atoms with Gasteiger partial charge in [0, 0.05) is 36.1 Å². The summed E-state index contributed by atoms with van der Waals surface area (Å²) < 4.78 is 2.22. The minimum atomic E-state index is 0.155. The van der Waals surface area contributed by atoms with Crippen LogP contribution in [0.1, 0.15) is 25.0 Å². The summed E-state index contributed by atoms with van der Waals surface area (Å²) in [4.78, 5) is 0. The molecule has 2 heteroatoms. The van der Waals surface area contributed by atoms with E-state index in [1.165, 1.54) is 22.0 Å². The number of fused-ring (bicyclic) bond motifs is 1. The van der Waals surface area contributed by atoms with E-state index in [1.54, 1.807) is 0 Å². The molecule has 0 fully saturated rings. The first kappa shape index (κ1) is 12.2. The van der Waals surface area contributed by atoms with Gasteiger partial charge in [0.05, 0.1) is 0 Å². The van der Waals surface area contributed by atoms with Crippen molar-refractivity contribution in [2.24, 2.45) is 7.05 Å². The molecule has 0 aliphatic heterocycles. The van der Waals surface area contributed by atoms with Crippen LogP contribution in [0, 0.1) is 6.92 Å². The van der Waals surface area contributed by atoms with Crippen molar-refractivity contribution in [3.8, 4) is 0 Å². The second kappa shape index (κ2) is 4.19. The van der Waals surface area contributed by atoms with Crippen molar-refractivity contribution in [2.75, 3.05) is 13.6 Å². The molecule has 0 bridgehead atoms. The summed E-state index contributed by atoms with van der Waals surface area (Å²) in [5.41, 5.74) is 4.22. The second-order valence-electron chi connectivity index (χ2n) is 5.59. The molecule has 0 radical (unpaired) electrons. The highest BCUT2D eigenvalue weighted by molar-refractivity contribution is 5.85. The van der Waals surface area contributed by atoms with Crippen molar-refractivity contribution in [3.63, 3.8) is 0 Å². The van der Waals surface area contributed by atoms with Gasteiger partial charge in [-0.3, -0.25) is 0 Å². The minimum Gasteiger partial charge on any atom is -0.350 e. The van der Waals surface area contributed by atoms with E-state index in [9.17, 15) is 0 Å². The van der Waals surface area contributed by atoms with Gasteiger partial charge in [0.25, 0.3) is 0 Å². The summed E-state index contributed by atoms with van der Waals surface area (Å²) in [6, 6.07) is 6.68. The lowest BCUT2D eigenvalue weighted by atomic mass is 9.84. The molecular weight excluding hydrogens is 208 g/mol. The van der Waals surface area contributed by atoms with Crippen LogP contribution in [-0.4, -0.2) is 18.2 Å². The van der Waals surface area contributed by atoms with Crippen molar-refractivity contribution in [1.29, 1.82) is 0 Å². The van der Waals surface area contributed by atoms with Gasteiger partial charge in [-0.15, -0.1) is 0 Å². The van der Waals surface area contributed by atoms with E-state index in [-0.39, 0.29) is 5.41 Å². The third-order valence-electron chi connectivity index (χ3n) is 3.49. The number of hydrogen-bond donors (Lipinski definition) is 1. The van der Waals surface area contributed by atoms with E-state index in [0.29, 0.717) is 0 Å². The molecule has 1 N–H and O–H groups in total. The van der Waals surface area contributed by atoms with Crippen LogP contribution in [0.2, 0.25) is 0 Å². The molecule has 92 valence electrons. The second-order valence-corrected chi connectivity index (χ2v) is 5.59. The normalized spacial score (nSPS) is 12.3. The van der Waals surface area contributed by atoms with Gasteiger partial charge in [-0.2, -0.15) is 0 Å². The van der Waals surface area contributed by atoms with E-state index in [1.807, 2.05) is 7.05 Å². The van der Waals surface area contributed by atoms with Crippen LogP contribution in [0.15, 0.2) is 24.4 Å². The summed E-state index contributed by atoms with van der Waals surface area (Å²) in [5.74, 6) is 0. The quantitative estimate of drug-likeness (QED) is 0.857. The van der Waals surface area contributed by atoms with Crippen LogP contribution in [0.5, 0.6) is 0 Å². The van der Waals surface area contributed by atoms with Gasteiger partial charge >= 0.3 is 0 Å². The van der Waals surface area contributed by atoms with E-state index in [0.717, 1.165) is 6.54 Å². The first-order chi connectivity index (χ1) is 7.95. The first-order valence-electron chi connectivity index (χ1n) is 6.16. The third kappa shape index (κ3) is 2.09. The van der Waals surface area contributed by atoms with Crippen molar-refractivity contribution >= 4 is 10.9 Å². The number of likely N-dealkylation sites (N-methyl/N-ethyl adjacent to an activating group) is 1. The smallest absolute Gasteiger partial charge is 0.0480 e. The number of hydrogen-bond acceptors (Lipinski definition) is 1. The highest BCUT2D eigenvalue weighted by Crippen LogP contribution is 2.31. The van der Waals surface area contributed by atoms with Crippen LogP contribution >= 0.6 is 0 Å². The molecule has 0 atom stereocenters. The molecule has 1 aromatic heterocycles. The van der Waals surface area contributed by atoms with Gasteiger partial charge < -0.3 is 9.88 Å². The number of aryl methyl sites for hydroxylation is 2. The van der Waals surface area contributed by atoms with E-state index in [4.69, 9.17) is 0 Å². The number of benzene rings is 1. The lowest BCUT2D eigenvalue weighted by molar-refractivity contribution is 0.496. The lowest BCUT2D eigenvalue weighted by Gasteiger charge is -2.24. The Morgan fingerprint density at radius 2 is 2.00 bits per heavy atom. The van der Waals surface area contributed by atoms with Crippen molar-refractivity contribution in [1.82, 2.24) is 9.88 Å². The van der Waals surface area contributed by atoms with Gasteiger partial charge in [-0.05, 0) is 31.7 Å². The monoisotopic (exact) mass is 230 g/mol. The zero-order valence-electron chi connectivity index (χ0n) is 11.5. The summed E-state index contributed by atoms with van der Waals surface area (Å²) >= 11 is 0. The number of rotatable bonds is 3. The van der Waals surface area contributed by atoms with Crippen molar-refractivity contribution in [3.05, 3.63) is 35.5 Å². The topological polar surface area (TPSA) is 17.0 Å². The van der Waals surface area contributed by atoms with Crippen LogP contribution in [0.4, 0.5) is 0 Å². The standard InChI is InChI=1S/C15H22N2/c1-11-6-7-14-12(8-11)13(9-17(14)5)15(2,3)10-16-4/h6-9,16H,10H2,1-5H3. The molecule has 2 rings (SSSR count). The molecule has 0 amide bonds. The number of aromatic nitrogens is 1. The van der Waals surface area contributed by atoms with Crippen LogP contribution in [0.3, 0.4) is 0 Å². The maximum atomic E-state index is 3.29. The average molecular weight is 230 g/mol. The molecule has 1 aromatic carbocycles. The molecule has 2 nitrogen and oxygen atoms in total. The molecule has 0 unspecified atom stereocenters. The number of nitrogens with one attached hydrogen (secondary N) is 1. The Morgan fingerprint density at radius 1 is 1.29 bits per heavy atom. The van der Waals surface area contributed by atoms with E-state index in [2.05, 4.69) is 62.1 Å². The van der Waals surface area contributed by atoms with Crippen LogP contribution < -0.4 is 5.32 Å². The Hall–Kier alpha value is -1.28. The molecule has 17 heavy (non-hydrogen) atoms. The SMILES string of the molecule is CNCC(C)(C)c1cn(C)c2ccc(C)cc12. The van der Waals surface area contributed by atoms with Crippen molar-refractivity contribution < 1.29 is 0 Å². The predicted molar refractivity (Wildman–Crippen MR) is 74.6 cm³/mol. The van der Waals surface area contributed by atoms with Gasteiger partial charge in [-0.1, -0.05) is 25.5 Å². The average Bonchev–Trinajstić information content (AvgIpc) is 2.56. The van der Waals surface area contributed by atoms with Crippen LogP contribution in [-0.2, 0) is 12.5 Å². The van der Waals surface area contributed by atoms with E-state index < -0.39 is 0 Å². The summed E-state index contributed by atoms with van der Waals surface area (Å²) in [5, 5.41) is 4.67. The maximum absolute atomic E-state index is 3.29. The maximum Gasteiger partial charge on any atom is 0.0480 e. The minimum absolute atomic E-state index is 0.155. The van der Waals surface area contributed by atoms with E-state index >= 15 is 0 Å². The molecular formula is C15H22N2. The molecule has 2 aromatic rings. The fourth-order valence-electron chi connectivity index (χ4n) is 2.58. The highest BCUT2D eigenvalue weighted by Gasteiger charge is 2.23. The Bertz CT molecular complexity index is 535. The molecule has 0 saturated carbocycles. The fraction of sp³-hybridized carbons (Fsp3) is 0.467. The Labute approximate surface area is 104 Å². The van der Waals surface area contributed by atoms with Gasteiger partial charge in [0.15, 0.2) is 0 Å². The molecule has 0 aliphatic rings. The number of nitrogens with zero attached hydrogens (tertiary/aromatic N) is 1. The molecule has 0 spiro atoms. The van der Waals surface area contributed by atoms with Gasteiger partial charge in [0.2, 0.25) is 0 Å². The zero-order chi connectivity index (χ0) is 12.6. The molecule has 0 saturated heterocycles. The summed E-state index contributed by atoms with van der Waals surface area (Å²) in [6.07, 6.45) is 2.27. The van der Waals surface area contributed by atoms with Gasteiger partial charge in [-0.25, -0.2) is 0 Å². The Balaban J connectivity index is 2.65. The summed E-state index contributed by atoms with van der Waals surface area (Å²) in [6.45, 7) is 7.72. The third-order valence-corrected chi connectivity index (χ3v) is 3.49. The first-order valence-corrected chi connectivity index (χ1v) is 6.16. The van der Waals surface area contributed by atoms with Gasteiger partial charge in [0.1, 0.15) is 0 Å². The zero-order valence-corrected chi connectivity index (χ0v) is 11.5. The van der Waals surface area contributed by atoms with Crippen molar-refractivity contribution in [2.45, 2.75) is 26.2 Å². The predicted octanol–water partition coefficient (Wildman–Crippen LogP) is 2.98. The molecule has 0 aliphatic carbocycles. The Kier molecular flexibility index (Phi) is 3.00. The van der Waals surface area contributed by atoms with Crippen LogP contribution in [0.25, 0.3) is 10.9 Å². The largest absolute Gasteiger partial charge is 0.350 e.